The molecule has 6 heteroatoms. The van der Waals surface area contributed by atoms with Gasteiger partial charge in [0.05, 0.1) is 17.8 Å². The number of carbonyl (C=O) groups is 1. The summed E-state index contributed by atoms with van der Waals surface area (Å²) in [5, 5.41) is 15.4. The number of hydrazone groups is 1. The number of nitrogens with one attached hydrogen (secondary N) is 2. The maximum Gasteiger partial charge on any atom is 0.339 e. The summed E-state index contributed by atoms with van der Waals surface area (Å²) in [6.07, 6.45) is 1.42. The van der Waals surface area contributed by atoms with Crippen LogP contribution in [-0.4, -0.2) is 12.2 Å². The van der Waals surface area contributed by atoms with Crippen molar-refractivity contribution in [1.82, 2.24) is 5.43 Å². The summed E-state index contributed by atoms with van der Waals surface area (Å²) in [5.74, 6) is 1.15. The Balaban J connectivity index is 1.57. The van der Waals surface area contributed by atoms with E-state index in [2.05, 4.69) is 21.9 Å². The van der Waals surface area contributed by atoms with Crippen LogP contribution in [-0.2, 0) is 0 Å². The fourth-order valence-corrected chi connectivity index (χ4v) is 2.24. The zero-order valence-electron chi connectivity index (χ0n) is 14.1. The second kappa shape index (κ2) is 7.81. The molecule has 6 nitrogen and oxygen atoms in total. The number of hydrogen-bond donors (Lipinski definition) is 2. The topological polar surface area (TPSA) is 90.4 Å². The average molecular weight is 344 g/mol. The van der Waals surface area contributed by atoms with Crippen LogP contribution in [0.1, 0.15) is 16.9 Å². The number of hydrogen-bond acceptors (Lipinski definition) is 4. The van der Waals surface area contributed by atoms with Gasteiger partial charge in [-0.3, -0.25) is 0 Å². The number of furan rings is 1. The highest BCUT2D eigenvalue weighted by molar-refractivity contribution is 5.90. The van der Waals surface area contributed by atoms with Crippen molar-refractivity contribution >= 4 is 17.9 Å². The zero-order valence-corrected chi connectivity index (χ0v) is 14.1. The van der Waals surface area contributed by atoms with Gasteiger partial charge in [-0.1, -0.05) is 17.7 Å². The molecule has 0 aliphatic rings. The van der Waals surface area contributed by atoms with Gasteiger partial charge in [-0.05, 0) is 55.5 Å². The lowest BCUT2D eigenvalue weighted by Crippen LogP contribution is -2.24. The van der Waals surface area contributed by atoms with Gasteiger partial charge in [0.25, 0.3) is 0 Å². The number of aryl methyl sites for hydroxylation is 1. The summed E-state index contributed by atoms with van der Waals surface area (Å²) in [6, 6.07) is 19.7. The number of carbonyl (C=O) groups excluding carboxylic acids is 1. The third-order valence-corrected chi connectivity index (χ3v) is 3.59. The van der Waals surface area contributed by atoms with E-state index in [1.807, 2.05) is 43.3 Å². The molecule has 0 saturated heterocycles. The van der Waals surface area contributed by atoms with Gasteiger partial charge < -0.3 is 9.73 Å². The van der Waals surface area contributed by atoms with Crippen LogP contribution in [0.25, 0.3) is 11.3 Å². The van der Waals surface area contributed by atoms with Gasteiger partial charge in [0.15, 0.2) is 0 Å². The van der Waals surface area contributed by atoms with Crippen molar-refractivity contribution in [2.75, 3.05) is 5.32 Å². The molecule has 1 heterocycles. The minimum absolute atomic E-state index is 0.441. The van der Waals surface area contributed by atoms with Gasteiger partial charge in [-0.2, -0.15) is 10.4 Å². The van der Waals surface area contributed by atoms with Crippen molar-refractivity contribution in [3.63, 3.8) is 0 Å². The highest BCUT2D eigenvalue weighted by Crippen LogP contribution is 2.21. The number of rotatable bonds is 4. The molecule has 0 atom stereocenters. The van der Waals surface area contributed by atoms with Crippen LogP contribution in [0.15, 0.2) is 70.2 Å². The minimum Gasteiger partial charge on any atom is -0.455 e. The predicted octanol–water partition coefficient (Wildman–Crippen LogP) is 4.28. The Hall–Kier alpha value is -3.85. The van der Waals surface area contributed by atoms with Gasteiger partial charge >= 0.3 is 6.03 Å². The Morgan fingerprint density at radius 2 is 1.81 bits per heavy atom. The van der Waals surface area contributed by atoms with E-state index in [4.69, 9.17) is 9.68 Å². The molecule has 3 aromatic rings. The lowest BCUT2D eigenvalue weighted by Gasteiger charge is -2.03. The summed E-state index contributed by atoms with van der Waals surface area (Å²) in [6.45, 7) is 1.98. The Labute approximate surface area is 150 Å². The second-order valence-electron chi connectivity index (χ2n) is 5.58. The minimum atomic E-state index is -0.441. The van der Waals surface area contributed by atoms with E-state index in [0.29, 0.717) is 22.8 Å². The van der Waals surface area contributed by atoms with Crippen LogP contribution in [0.5, 0.6) is 0 Å². The fourth-order valence-electron chi connectivity index (χ4n) is 2.24. The normalized spacial score (nSPS) is 10.5. The summed E-state index contributed by atoms with van der Waals surface area (Å²) in [5.41, 5.74) is 5.63. The van der Waals surface area contributed by atoms with Gasteiger partial charge in [0, 0.05) is 11.3 Å². The first kappa shape index (κ1) is 17.0. The third-order valence-electron chi connectivity index (χ3n) is 3.59. The highest BCUT2D eigenvalue weighted by atomic mass is 16.3. The van der Waals surface area contributed by atoms with E-state index in [1.165, 1.54) is 6.21 Å². The number of benzene rings is 2. The van der Waals surface area contributed by atoms with Crippen LogP contribution in [0, 0.1) is 18.3 Å². The molecule has 128 valence electrons. The van der Waals surface area contributed by atoms with E-state index >= 15 is 0 Å². The fraction of sp³-hybridized carbons (Fsp3) is 0.0500. The second-order valence-corrected chi connectivity index (χ2v) is 5.58. The number of urea groups is 1. The molecule has 1 aromatic heterocycles. The van der Waals surface area contributed by atoms with Gasteiger partial charge in [-0.25, -0.2) is 10.2 Å². The Kier molecular flexibility index (Phi) is 5.11. The van der Waals surface area contributed by atoms with Crippen molar-refractivity contribution in [2.24, 2.45) is 5.10 Å². The maximum absolute atomic E-state index is 11.8. The van der Waals surface area contributed by atoms with E-state index in [1.54, 1.807) is 24.3 Å². The van der Waals surface area contributed by atoms with E-state index in [0.717, 1.165) is 11.1 Å². The van der Waals surface area contributed by atoms with Gasteiger partial charge in [0.1, 0.15) is 11.5 Å². The van der Waals surface area contributed by atoms with Crippen molar-refractivity contribution in [3.05, 3.63) is 77.6 Å². The van der Waals surface area contributed by atoms with Gasteiger partial charge in [-0.15, -0.1) is 0 Å². The van der Waals surface area contributed by atoms with Crippen molar-refractivity contribution in [3.8, 4) is 17.4 Å². The summed E-state index contributed by atoms with van der Waals surface area (Å²) >= 11 is 0. The molecule has 26 heavy (non-hydrogen) atoms. The summed E-state index contributed by atoms with van der Waals surface area (Å²) in [7, 11) is 0. The highest BCUT2D eigenvalue weighted by Gasteiger charge is 2.04. The molecule has 0 fully saturated rings. The molecule has 0 saturated carbocycles. The Bertz CT molecular complexity index is 964. The van der Waals surface area contributed by atoms with E-state index in [9.17, 15) is 4.79 Å². The molecule has 2 aromatic carbocycles. The lowest BCUT2D eigenvalue weighted by atomic mass is 10.1. The van der Waals surface area contributed by atoms with E-state index < -0.39 is 6.03 Å². The Morgan fingerprint density at radius 3 is 2.50 bits per heavy atom. The zero-order chi connectivity index (χ0) is 18.4. The number of anilines is 1. The van der Waals surface area contributed by atoms with Crippen molar-refractivity contribution in [1.29, 1.82) is 5.26 Å². The molecule has 0 spiro atoms. The predicted molar refractivity (Wildman–Crippen MR) is 99.8 cm³/mol. The molecule has 0 aliphatic heterocycles. The quantitative estimate of drug-likeness (QED) is 0.546. The first-order valence-electron chi connectivity index (χ1n) is 7.91. The van der Waals surface area contributed by atoms with Crippen LogP contribution < -0.4 is 10.7 Å². The molecule has 2 N–H and O–H groups in total. The SMILES string of the molecule is Cc1ccc(NC(=O)N/N=C/c2ccc(-c3ccc(C#N)cc3)o2)cc1. The van der Waals surface area contributed by atoms with Crippen LogP contribution >= 0.6 is 0 Å². The molecule has 2 amide bonds. The molecular formula is C20H16N4O2. The lowest BCUT2D eigenvalue weighted by molar-refractivity contribution is 0.252. The van der Waals surface area contributed by atoms with Crippen LogP contribution in [0.3, 0.4) is 0 Å². The molecule has 0 aliphatic carbocycles. The molecule has 0 radical (unpaired) electrons. The summed E-state index contributed by atoms with van der Waals surface area (Å²) < 4.78 is 5.65. The largest absolute Gasteiger partial charge is 0.455 e. The number of nitrogens with zero attached hydrogens (tertiary/aromatic N) is 2. The van der Waals surface area contributed by atoms with Gasteiger partial charge in [0.2, 0.25) is 0 Å². The third kappa shape index (κ3) is 4.36. The smallest absolute Gasteiger partial charge is 0.339 e. The first-order valence-corrected chi connectivity index (χ1v) is 7.91. The molecule has 0 unspecified atom stereocenters. The van der Waals surface area contributed by atoms with E-state index in [-0.39, 0.29) is 0 Å². The van der Waals surface area contributed by atoms with Crippen LogP contribution in [0.4, 0.5) is 10.5 Å². The average Bonchev–Trinajstić information content (AvgIpc) is 3.12. The Morgan fingerprint density at radius 1 is 1.08 bits per heavy atom. The first-order chi connectivity index (χ1) is 12.6. The molecule has 0 bridgehead atoms. The monoisotopic (exact) mass is 344 g/mol. The molecule has 3 rings (SSSR count). The van der Waals surface area contributed by atoms with Crippen molar-refractivity contribution in [2.45, 2.75) is 6.92 Å². The maximum atomic E-state index is 11.8. The number of nitriles is 1. The summed E-state index contributed by atoms with van der Waals surface area (Å²) in [4.78, 5) is 11.8. The standard InChI is InChI=1S/C20H16N4O2/c1-14-2-8-17(9-3-14)23-20(25)24-22-13-18-10-11-19(26-18)16-6-4-15(12-21)5-7-16/h2-11,13H,1H3,(H2,23,24,25)/b22-13+. The van der Waals surface area contributed by atoms with Crippen LogP contribution in [0.2, 0.25) is 0 Å². The van der Waals surface area contributed by atoms with Crippen molar-refractivity contribution < 1.29 is 9.21 Å². The molecular weight excluding hydrogens is 328 g/mol. The number of amides is 2.